The first kappa shape index (κ1) is 25.1. The lowest BCUT2D eigenvalue weighted by Gasteiger charge is -2.23. The molecule has 0 unspecified atom stereocenters. The molecule has 170 valence electrons. The van der Waals surface area contributed by atoms with E-state index in [0.29, 0.717) is 0 Å². The van der Waals surface area contributed by atoms with Crippen LogP contribution >= 0.6 is 0 Å². The van der Waals surface area contributed by atoms with Gasteiger partial charge < -0.3 is 9.22 Å². The van der Waals surface area contributed by atoms with Crippen LogP contribution in [0.5, 0.6) is 5.75 Å². The fraction of sp³-hybridized carbons (Fsp3) is 0.556. The van der Waals surface area contributed by atoms with Gasteiger partial charge in [0, 0.05) is 0 Å². The molecule has 0 aliphatic carbocycles. The normalized spacial score (nSPS) is 11.9. The smallest absolute Gasteiger partial charge is 0.119 e. The molecule has 0 radical (unpaired) electrons. The van der Waals surface area contributed by atoms with Crippen molar-refractivity contribution in [3.05, 3.63) is 54.1 Å². The highest BCUT2D eigenvalue weighted by Gasteiger charge is 2.05. The molecule has 0 atom stereocenters. The van der Waals surface area contributed by atoms with Crippen LogP contribution in [0.1, 0.15) is 63.9 Å². The van der Waals surface area contributed by atoms with Gasteiger partial charge in [-0.15, -0.1) is 0 Å². The Morgan fingerprint density at radius 2 is 1.13 bits per heavy atom. The topological polar surface area (TPSA) is 34.0 Å². The van der Waals surface area contributed by atoms with E-state index in [9.17, 15) is 0 Å². The quantitative estimate of drug-likeness (QED) is 0.163. The third kappa shape index (κ3) is 11.7. The van der Waals surface area contributed by atoms with E-state index in [1.165, 1.54) is 57.1 Å². The standard InChI is InChI=1S/C27H42N3O/c1-5-24-14-16-25(17-15-24)28-29-26-18-20-27(21-19-26)31-23-13-11-9-7-6-8-10-12-22-30(2,3)4/h14-21H,5-13,22-23H2,1-4H3/q+1. The number of aryl methyl sites for hydroxylation is 1. The number of azo groups is 1. The van der Waals surface area contributed by atoms with Crippen LogP contribution in [0.2, 0.25) is 0 Å². The van der Waals surface area contributed by atoms with Crippen LogP contribution in [0, 0.1) is 0 Å². The summed E-state index contributed by atoms with van der Waals surface area (Å²) in [6.45, 7) is 4.22. The van der Waals surface area contributed by atoms with E-state index in [-0.39, 0.29) is 0 Å². The van der Waals surface area contributed by atoms with E-state index in [1.807, 2.05) is 36.4 Å². The van der Waals surface area contributed by atoms with Gasteiger partial charge in [0.15, 0.2) is 0 Å². The van der Waals surface area contributed by atoms with Crippen molar-refractivity contribution in [1.29, 1.82) is 0 Å². The summed E-state index contributed by atoms with van der Waals surface area (Å²) in [5.41, 5.74) is 3.03. The zero-order valence-electron chi connectivity index (χ0n) is 20.1. The highest BCUT2D eigenvalue weighted by Crippen LogP contribution is 2.22. The summed E-state index contributed by atoms with van der Waals surface area (Å²) < 4.78 is 6.95. The predicted molar refractivity (Wildman–Crippen MR) is 132 cm³/mol. The van der Waals surface area contributed by atoms with Crippen LogP contribution in [0.3, 0.4) is 0 Å². The maximum atomic E-state index is 5.87. The number of benzene rings is 2. The second-order valence-electron chi connectivity index (χ2n) is 9.40. The van der Waals surface area contributed by atoms with Gasteiger partial charge >= 0.3 is 0 Å². The molecule has 2 aromatic carbocycles. The molecule has 0 aliphatic heterocycles. The van der Waals surface area contributed by atoms with E-state index in [1.54, 1.807) is 0 Å². The van der Waals surface area contributed by atoms with Gasteiger partial charge in [0.2, 0.25) is 0 Å². The van der Waals surface area contributed by atoms with E-state index in [2.05, 4.69) is 50.4 Å². The summed E-state index contributed by atoms with van der Waals surface area (Å²) >= 11 is 0. The second-order valence-corrected chi connectivity index (χ2v) is 9.40. The molecular formula is C27H42N3O+. The molecule has 0 N–H and O–H groups in total. The molecule has 0 heterocycles. The lowest BCUT2D eigenvalue weighted by Crippen LogP contribution is -2.35. The molecule has 2 aromatic rings. The monoisotopic (exact) mass is 424 g/mol. The zero-order valence-corrected chi connectivity index (χ0v) is 20.1. The number of unbranched alkanes of at least 4 members (excludes halogenated alkanes) is 7. The molecule has 0 bridgehead atoms. The molecule has 0 amide bonds. The molecule has 0 saturated heterocycles. The number of ether oxygens (including phenoxy) is 1. The van der Waals surface area contributed by atoms with E-state index >= 15 is 0 Å². The highest BCUT2D eigenvalue weighted by molar-refractivity contribution is 5.43. The SMILES string of the molecule is CCc1ccc(N=Nc2ccc(OCCCCCCCCCC[N+](C)(C)C)cc2)cc1. The summed E-state index contributed by atoms with van der Waals surface area (Å²) in [6, 6.07) is 16.1. The van der Waals surface area contributed by atoms with E-state index < -0.39 is 0 Å². The summed E-state index contributed by atoms with van der Waals surface area (Å²) in [6.07, 6.45) is 11.6. The molecule has 0 fully saturated rings. The number of quaternary nitrogens is 1. The number of rotatable bonds is 15. The van der Waals surface area contributed by atoms with Gasteiger partial charge in [-0.25, -0.2) is 0 Å². The molecular weight excluding hydrogens is 382 g/mol. The minimum absolute atomic E-state index is 0.786. The summed E-state index contributed by atoms with van der Waals surface area (Å²) in [4.78, 5) is 0. The van der Waals surface area contributed by atoms with Gasteiger partial charge in [0.1, 0.15) is 5.75 Å². The van der Waals surface area contributed by atoms with E-state index in [0.717, 1.165) is 41.1 Å². The van der Waals surface area contributed by atoms with Crippen molar-refractivity contribution in [3.8, 4) is 5.75 Å². The molecule has 4 heteroatoms. The minimum Gasteiger partial charge on any atom is -0.494 e. The largest absolute Gasteiger partial charge is 0.494 e. The fourth-order valence-electron chi connectivity index (χ4n) is 3.46. The Morgan fingerprint density at radius 1 is 0.645 bits per heavy atom. The van der Waals surface area contributed by atoms with Crippen molar-refractivity contribution in [1.82, 2.24) is 0 Å². The van der Waals surface area contributed by atoms with Crippen LogP contribution in [0.15, 0.2) is 58.8 Å². The lowest BCUT2D eigenvalue weighted by atomic mass is 10.1. The van der Waals surface area contributed by atoms with Crippen molar-refractivity contribution in [2.75, 3.05) is 34.3 Å². The first-order chi connectivity index (χ1) is 15.0. The minimum atomic E-state index is 0.786. The average Bonchev–Trinajstić information content (AvgIpc) is 2.76. The van der Waals surface area contributed by atoms with E-state index in [4.69, 9.17) is 4.74 Å². The first-order valence-corrected chi connectivity index (χ1v) is 12.0. The Morgan fingerprint density at radius 3 is 1.65 bits per heavy atom. The highest BCUT2D eigenvalue weighted by atomic mass is 16.5. The van der Waals surface area contributed by atoms with Crippen molar-refractivity contribution < 1.29 is 9.22 Å². The molecule has 4 nitrogen and oxygen atoms in total. The van der Waals surface area contributed by atoms with Crippen LogP contribution in [0.4, 0.5) is 11.4 Å². The average molecular weight is 425 g/mol. The Kier molecular flexibility index (Phi) is 11.3. The molecule has 0 aliphatic rings. The summed E-state index contributed by atoms with van der Waals surface area (Å²) in [7, 11) is 6.82. The summed E-state index contributed by atoms with van der Waals surface area (Å²) in [5, 5.41) is 8.61. The van der Waals surface area contributed by atoms with Crippen LogP contribution in [0.25, 0.3) is 0 Å². The van der Waals surface area contributed by atoms with Gasteiger partial charge in [0.25, 0.3) is 0 Å². The third-order valence-corrected chi connectivity index (χ3v) is 5.45. The molecule has 31 heavy (non-hydrogen) atoms. The fourth-order valence-corrected chi connectivity index (χ4v) is 3.46. The molecule has 2 rings (SSSR count). The number of hydrogen-bond acceptors (Lipinski definition) is 3. The van der Waals surface area contributed by atoms with Crippen LogP contribution in [-0.2, 0) is 6.42 Å². The summed E-state index contributed by atoms with van der Waals surface area (Å²) in [5.74, 6) is 0.906. The Bertz CT molecular complexity index is 746. The zero-order chi connectivity index (χ0) is 22.4. The van der Waals surface area contributed by atoms with Gasteiger partial charge in [-0.3, -0.25) is 0 Å². The Hall–Kier alpha value is -2.20. The van der Waals surface area contributed by atoms with Gasteiger partial charge in [-0.1, -0.05) is 51.2 Å². The van der Waals surface area contributed by atoms with Crippen LogP contribution in [-0.4, -0.2) is 38.8 Å². The predicted octanol–water partition coefficient (Wildman–Crippen LogP) is 7.87. The maximum Gasteiger partial charge on any atom is 0.119 e. The van der Waals surface area contributed by atoms with Crippen molar-refractivity contribution in [3.63, 3.8) is 0 Å². The van der Waals surface area contributed by atoms with Crippen molar-refractivity contribution >= 4 is 11.4 Å². The van der Waals surface area contributed by atoms with Crippen molar-refractivity contribution in [2.45, 2.75) is 64.7 Å². The lowest BCUT2D eigenvalue weighted by molar-refractivity contribution is -0.870. The maximum absolute atomic E-state index is 5.87. The molecule has 0 aromatic heterocycles. The second kappa shape index (κ2) is 14.0. The first-order valence-electron chi connectivity index (χ1n) is 12.0. The Balaban J connectivity index is 1.52. The van der Waals surface area contributed by atoms with Gasteiger partial charge in [0.05, 0.1) is 45.7 Å². The molecule has 0 spiro atoms. The number of hydrogen-bond donors (Lipinski definition) is 0. The third-order valence-electron chi connectivity index (χ3n) is 5.45. The van der Waals surface area contributed by atoms with Gasteiger partial charge in [-0.2, -0.15) is 10.2 Å². The Labute approximate surface area is 189 Å². The molecule has 0 saturated carbocycles. The number of nitrogens with zero attached hydrogens (tertiary/aromatic N) is 3. The van der Waals surface area contributed by atoms with Crippen molar-refractivity contribution in [2.24, 2.45) is 10.2 Å². The van der Waals surface area contributed by atoms with Gasteiger partial charge in [-0.05, 0) is 67.6 Å². The van der Waals surface area contributed by atoms with Crippen LogP contribution < -0.4 is 4.74 Å².